The summed E-state index contributed by atoms with van der Waals surface area (Å²) in [6, 6.07) is 0. The van der Waals surface area contributed by atoms with E-state index in [9.17, 15) is 4.79 Å². The Balaban J connectivity index is 1.95. The van der Waals surface area contributed by atoms with Crippen molar-refractivity contribution in [2.24, 2.45) is 0 Å². The first-order valence-corrected chi connectivity index (χ1v) is 6.40. The normalized spacial score (nSPS) is 43.1. The lowest BCUT2D eigenvalue weighted by atomic mass is 9.80. The number of rotatable bonds is 3. The fraction of sp³-hybridized carbons (Fsp3) is 0.769. The second-order valence-corrected chi connectivity index (χ2v) is 5.28. The third kappa shape index (κ3) is 1.61. The Kier molecular flexibility index (Phi) is 2.76. The number of hydrogen-bond donors (Lipinski definition) is 0. The highest BCUT2D eigenvalue weighted by atomic mass is 16.8. The molecule has 2 unspecified atom stereocenters. The van der Waals surface area contributed by atoms with Crippen LogP contribution >= 0.6 is 0 Å². The van der Waals surface area contributed by atoms with Crippen LogP contribution in [-0.2, 0) is 28.5 Å². The lowest BCUT2D eigenvalue weighted by Crippen LogP contribution is -2.57. The first-order chi connectivity index (χ1) is 8.94. The van der Waals surface area contributed by atoms with Crippen LogP contribution in [0.15, 0.2) is 11.8 Å². The molecule has 6 nitrogen and oxygen atoms in total. The molecule has 0 N–H and O–H groups in total. The number of ketones is 1. The van der Waals surface area contributed by atoms with Crippen LogP contribution in [0.2, 0.25) is 0 Å². The quantitative estimate of drug-likeness (QED) is 0.754. The molecule has 0 amide bonds. The van der Waals surface area contributed by atoms with Gasteiger partial charge in [-0.2, -0.15) is 0 Å². The highest BCUT2D eigenvalue weighted by molar-refractivity contribution is 6.08. The van der Waals surface area contributed by atoms with Crippen LogP contribution in [0.1, 0.15) is 20.8 Å². The lowest BCUT2D eigenvalue weighted by Gasteiger charge is -2.38. The van der Waals surface area contributed by atoms with Gasteiger partial charge in [-0.1, -0.05) is 0 Å². The van der Waals surface area contributed by atoms with Crippen LogP contribution in [0.4, 0.5) is 0 Å². The van der Waals surface area contributed by atoms with Gasteiger partial charge in [0.1, 0.15) is 18.0 Å². The molecule has 2 aliphatic heterocycles. The Morgan fingerprint density at radius 1 is 1.32 bits per heavy atom. The molecule has 2 heterocycles. The molecule has 3 aliphatic rings. The van der Waals surface area contributed by atoms with Gasteiger partial charge in [0.15, 0.2) is 12.1 Å². The van der Waals surface area contributed by atoms with E-state index < -0.39 is 29.9 Å². The second-order valence-electron chi connectivity index (χ2n) is 5.28. The molecule has 0 radical (unpaired) electrons. The summed E-state index contributed by atoms with van der Waals surface area (Å²) in [7, 11) is 1.52. The van der Waals surface area contributed by atoms with Gasteiger partial charge in [-0.3, -0.25) is 4.79 Å². The largest absolute Gasteiger partial charge is 0.494 e. The van der Waals surface area contributed by atoms with Gasteiger partial charge in [-0.25, -0.2) is 0 Å². The van der Waals surface area contributed by atoms with Gasteiger partial charge in [0.2, 0.25) is 11.4 Å². The molecule has 4 atom stereocenters. The van der Waals surface area contributed by atoms with Crippen molar-refractivity contribution in [3.63, 3.8) is 0 Å². The van der Waals surface area contributed by atoms with E-state index in [0.717, 1.165) is 0 Å². The van der Waals surface area contributed by atoms with Gasteiger partial charge in [-0.05, 0) is 20.8 Å². The second kappa shape index (κ2) is 4.02. The fourth-order valence-corrected chi connectivity index (χ4v) is 2.88. The zero-order chi connectivity index (χ0) is 13.8. The number of methoxy groups -OCH3 is 1. The van der Waals surface area contributed by atoms with E-state index in [2.05, 4.69) is 0 Å². The average molecular weight is 270 g/mol. The van der Waals surface area contributed by atoms with Gasteiger partial charge in [0.25, 0.3) is 0 Å². The molecule has 1 aliphatic carbocycles. The predicted molar refractivity (Wildman–Crippen MR) is 63.2 cm³/mol. The van der Waals surface area contributed by atoms with E-state index in [4.69, 9.17) is 23.7 Å². The van der Waals surface area contributed by atoms with Crippen molar-refractivity contribution >= 4 is 5.78 Å². The number of fused-ring (bicyclic) bond motifs is 2. The van der Waals surface area contributed by atoms with Crippen molar-refractivity contribution in [3.05, 3.63) is 11.8 Å². The third-order valence-electron chi connectivity index (χ3n) is 3.63. The first-order valence-electron chi connectivity index (χ1n) is 6.40. The zero-order valence-corrected chi connectivity index (χ0v) is 11.5. The van der Waals surface area contributed by atoms with Gasteiger partial charge in [-0.15, -0.1) is 0 Å². The molecule has 0 aromatic carbocycles. The summed E-state index contributed by atoms with van der Waals surface area (Å²) in [4.78, 5) is 12.1. The van der Waals surface area contributed by atoms with E-state index in [0.29, 0.717) is 12.4 Å². The molecule has 6 heteroatoms. The van der Waals surface area contributed by atoms with Crippen LogP contribution in [0, 0.1) is 0 Å². The predicted octanol–water partition coefficient (Wildman–Crippen LogP) is 0.751. The van der Waals surface area contributed by atoms with Crippen molar-refractivity contribution in [2.75, 3.05) is 13.7 Å². The monoisotopic (exact) mass is 270 g/mol. The van der Waals surface area contributed by atoms with E-state index in [1.165, 1.54) is 13.2 Å². The Morgan fingerprint density at radius 3 is 2.63 bits per heavy atom. The SMILES string of the molecule is CCOC1=CC(=O)[C@]12OC(OC)C1OC(C)(C)O[C@H]12. The summed E-state index contributed by atoms with van der Waals surface area (Å²) in [6.07, 6.45) is -0.174. The van der Waals surface area contributed by atoms with Crippen molar-refractivity contribution in [1.29, 1.82) is 0 Å². The van der Waals surface area contributed by atoms with Gasteiger partial charge < -0.3 is 23.7 Å². The minimum absolute atomic E-state index is 0.160. The summed E-state index contributed by atoms with van der Waals surface area (Å²) in [6.45, 7) is 5.93. The minimum Gasteiger partial charge on any atom is -0.494 e. The molecule has 2 saturated heterocycles. The Hall–Kier alpha value is -0.950. The standard InChI is InChI=1S/C13H18O6/c1-5-16-8-6-7(14)13(8)10-9(11(15-4)19-13)17-12(2,3)18-10/h6,9-11H,5H2,1-4H3/t9?,10-,11?,13+/m1/s1. The summed E-state index contributed by atoms with van der Waals surface area (Å²) in [5.74, 6) is -0.432. The number of ether oxygens (including phenoxy) is 5. The first kappa shape index (κ1) is 13.1. The Bertz CT molecular complexity index is 442. The number of hydrogen-bond acceptors (Lipinski definition) is 6. The number of carbonyl (C=O) groups is 1. The highest BCUT2D eigenvalue weighted by Crippen LogP contribution is 2.51. The van der Waals surface area contributed by atoms with Crippen molar-refractivity contribution in [3.8, 4) is 0 Å². The van der Waals surface area contributed by atoms with E-state index in [-0.39, 0.29) is 5.78 Å². The average Bonchev–Trinajstić information content (AvgIpc) is 2.81. The molecular weight excluding hydrogens is 252 g/mol. The maximum absolute atomic E-state index is 12.1. The van der Waals surface area contributed by atoms with Crippen molar-refractivity contribution in [1.82, 2.24) is 0 Å². The molecule has 3 rings (SSSR count). The molecule has 0 bridgehead atoms. The Labute approximate surface area is 111 Å². The van der Waals surface area contributed by atoms with Crippen molar-refractivity contribution in [2.45, 2.75) is 50.7 Å². The summed E-state index contributed by atoms with van der Waals surface area (Å²) >= 11 is 0. The van der Waals surface area contributed by atoms with E-state index in [1.807, 2.05) is 6.92 Å². The van der Waals surface area contributed by atoms with Crippen LogP contribution in [0.3, 0.4) is 0 Å². The van der Waals surface area contributed by atoms with Crippen LogP contribution < -0.4 is 0 Å². The summed E-state index contributed by atoms with van der Waals surface area (Å²) < 4.78 is 28.1. The molecule has 0 aromatic heterocycles. The fourth-order valence-electron chi connectivity index (χ4n) is 2.88. The van der Waals surface area contributed by atoms with Gasteiger partial charge in [0.05, 0.1) is 6.61 Å². The van der Waals surface area contributed by atoms with E-state index >= 15 is 0 Å². The molecule has 0 aromatic rings. The molecule has 19 heavy (non-hydrogen) atoms. The smallest absolute Gasteiger partial charge is 0.219 e. The van der Waals surface area contributed by atoms with Gasteiger partial charge >= 0.3 is 0 Å². The zero-order valence-electron chi connectivity index (χ0n) is 11.5. The molecule has 106 valence electrons. The van der Waals surface area contributed by atoms with Crippen LogP contribution in [0.5, 0.6) is 0 Å². The van der Waals surface area contributed by atoms with Crippen LogP contribution in [-0.4, -0.2) is 49.4 Å². The lowest BCUT2D eigenvalue weighted by molar-refractivity contribution is -0.246. The molecular formula is C13H18O6. The number of carbonyl (C=O) groups excluding carboxylic acids is 1. The molecule has 0 saturated carbocycles. The molecule has 1 spiro atoms. The van der Waals surface area contributed by atoms with Crippen molar-refractivity contribution < 1.29 is 28.5 Å². The third-order valence-corrected chi connectivity index (χ3v) is 3.63. The van der Waals surface area contributed by atoms with Crippen LogP contribution in [0.25, 0.3) is 0 Å². The Morgan fingerprint density at radius 2 is 2.05 bits per heavy atom. The summed E-state index contributed by atoms with van der Waals surface area (Å²) in [5, 5.41) is 0. The summed E-state index contributed by atoms with van der Waals surface area (Å²) in [5.41, 5.74) is -1.20. The van der Waals surface area contributed by atoms with E-state index in [1.54, 1.807) is 13.8 Å². The topological polar surface area (TPSA) is 63.2 Å². The van der Waals surface area contributed by atoms with Gasteiger partial charge in [0, 0.05) is 13.2 Å². The maximum atomic E-state index is 12.1. The molecule has 2 fully saturated rings. The highest BCUT2D eigenvalue weighted by Gasteiger charge is 2.71. The maximum Gasteiger partial charge on any atom is 0.219 e. The minimum atomic E-state index is -1.20.